The lowest BCUT2D eigenvalue weighted by atomic mass is 10.1. The quantitative estimate of drug-likeness (QED) is 0.362. The van der Waals surface area contributed by atoms with E-state index < -0.39 is 18.0 Å². The van der Waals surface area contributed by atoms with Crippen LogP contribution in [0.2, 0.25) is 0 Å². The molecule has 3 aromatic rings. The van der Waals surface area contributed by atoms with E-state index in [9.17, 15) is 9.59 Å². The summed E-state index contributed by atoms with van der Waals surface area (Å²) < 4.78 is 22.0. The Labute approximate surface area is 191 Å². The van der Waals surface area contributed by atoms with E-state index in [0.29, 0.717) is 17.1 Å². The van der Waals surface area contributed by atoms with Crippen LogP contribution in [0.5, 0.6) is 11.5 Å². The molecule has 4 rings (SSSR count). The fourth-order valence-electron chi connectivity index (χ4n) is 3.24. The molecule has 0 fully saturated rings. The third kappa shape index (κ3) is 6.11. The number of fused-ring (bicyclic) bond motifs is 1. The number of esters is 2. The molecule has 1 atom stereocenters. The van der Waals surface area contributed by atoms with E-state index in [1.54, 1.807) is 30.4 Å². The van der Waals surface area contributed by atoms with Gasteiger partial charge in [-0.3, -0.25) is 0 Å². The molecule has 0 saturated carbocycles. The smallest absolute Gasteiger partial charge is 0.331 e. The van der Waals surface area contributed by atoms with Gasteiger partial charge in [0.2, 0.25) is 6.79 Å². The van der Waals surface area contributed by atoms with Crippen LogP contribution in [0.15, 0.2) is 91.0 Å². The summed E-state index contributed by atoms with van der Waals surface area (Å²) in [5.41, 5.74) is 2.29. The van der Waals surface area contributed by atoms with Gasteiger partial charge in [0.15, 0.2) is 17.6 Å². The highest BCUT2D eigenvalue weighted by Crippen LogP contribution is 2.39. The summed E-state index contributed by atoms with van der Waals surface area (Å²) >= 11 is 0. The molecule has 1 aliphatic rings. The Bertz CT molecular complexity index is 1150. The molecule has 0 N–H and O–H groups in total. The highest BCUT2D eigenvalue weighted by Gasteiger charge is 2.26. The van der Waals surface area contributed by atoms with Crippen molar-refractivity contribution in [2.45, 2.75) is 6.10 Å². The first kappa shape index (κ1) is 21.9. The second-order valence-corrected chi connectivity index (χ2v) is 7.12. The predicted octanol–water partition coefficient (Wildman–Crippen LogP) is 4.97. The molecule has 0 saturated heterocycles. The molecule has 0 aromatic heterocycles. The van der Waals surface area contributed by atoms with E-state index in [4.69, 9.17) is 18.9 Å². The minimum Gasteiger partial charge on any atom is -0.458 e. The number of rotatable bonds is 8. The summed E-state index contributed by atoms with van der Waals surface area (Å²) in [6.45, 7) is -0.108. The maximum atomic E-state index is 12.5. The number of hydrogen-bond donors (Lipinski definition) is 0. The van der Waals surface area contributed by atoms with Gasteiger partial charge in [0.1, 0.15) is 6.61 Å². The van der Waals surface area contributed by atoms with E-state index in [-0.39, 0.29) is 13.4 Å². The Morgan fingerprint density at radius 2 is 1.42 bits per heavy atom. The largest absolute Gasteiger partial charge is 0.458 e. The lowest BCUT2D eigenvalue weighted by Crippen LogP contribution is -2.18. The Kier molecular flexibility index (Phi) is 7.18. The first-order valence-corrected chi connectivity index (χ1v) is 10.4. The summed E-state index contributed by atoms with van der Waals surface area (Å²) in [5, 5.41) is 0. The van der Waals surface area contributed by atoms with Gasteiger partial charge >= 0.3 is 11.9 Å². The predicted molar refractivity (Wildman–Crippen MR) is 123 cm³/mol. The van der Waals surface area contributed by atoms with Crippen LogP contribution in [0.25, 0.3) is 12.2 Å². The molecule has 0 spiro atoms. The van der Waals surface area contributed by atoms with Gasteiger partial charge in [0.05, 0.1) is 0 Å². The van der Waals surface area contributed by atoms with Crippen molar-refractivity contribution in [3.63, 3.8) is 0 Å². The van der Waals surface area contributed by atoms with E-state index in [0.717, 1.165) is 11.1 Å². The molecule has 0 radical (unpaired) electrons. The topological polar surface area (TPSA) is 71.1 Å². The molecular formula is C27H22O6. The molecule has 33 heavy (non-hydrogen) atoms. The Morgan fingerprint density at radius 3 is 2.09 bits per heavy atom. The number of benzene rings is 3. The highest BCUT2D eigenvalue weighted by atomic mass is 16.7. The molecular weight excluding hydrogens is 420 g/mol. The van der Waals surface area contributed by atoms with Crippen molar-refractivity contribution >= 4 is 24.1 Å². The van der Waals surface area contributed by atoms with Crippen molar-refractivity contribution < 1.29 is 28.5 Å². The molecule has 6 heteroatoms. The van der Waals surface area contributed by atoms with Crippen molar-refractivity contribution in [2.75, 3.05) is 13.4 Å². The van der Waals surface area contributed by atoms with Gasteiger partial charge in [-0.1, -0.05) is 72.8 Å². The second-order valence-electron chi connectivity index (χ2n) is 7.12. The maximum absolute atomic E-state index is 12.5. The fourth-order valence-corrected chi connectivity index (χ4v) is 3.24. The molecule has 0 aliphatic carbocycles. The van der Waals surface area contributed by atoms with Crippen LogP contribution < -0.4 is 9.47 Å². The molecule has 1 unspecified atom stereocenters. The highest BCUT2D eigenvalue weighted by molar-refractivity contribution is 5.88. The summed E-state index contributed by atoms with van der Waals surface area (Å²) in [7, 11) is 0. The van der Waals surface area contributed by atoms with Crippen LogP contribution >= 0.6 is 0 Å². The third-order valence-corrected chi connectivity index (χ3v) is 4.83. The van der Waals surface area contributed by atoms with Crippen LogP contribution in [-0.2, 0) is 19.1 Å². The zero-order valence-electron chi connectivity index (χ0n) is 17.8. The van der Waals surface area contributed by atoms with Crippen molar-refractivity contribution in [1.29, 1.82) is 0 Å². The van der Waals surface area contributed by atoms with Crippen LogP contribution in [0.3, 0.4) is 0 Å². The van der Waals surface area contributed by atoms with Gasteiger partial charge in [-0.15, -0.1) is 0 Å². The SMILES string of the molecule is O=C(/C=C/c1ccccc1)OCC(OC(=O)/C=C/c1ccccc1)c1cccc2c1OCO2. The van der Waals surface area contributed by atoms with Crippen molar-refractivity contribution in [3.8, 4) is 11.5 Å². The normalized spacial score (nSPS) is 13.2. The third-order valence-electron chi connectivity index (χ3n) is 4.83. The summed E-state index contributed by atoms with van der Waals surface area (Å²) in [6, 6.07) is 24.1. The lowest BCUT2D eigenvalue weighted by Gasteiger charge is -2.18. The van der Waals surface area contributed by atoms with Crippen molar-refractivity contribution in [2.24, 2.45) is 0 Å². The van der Waals surface area contributed by atoms with E-state index in [1.807, 2.05) is 60.7 Å². The van der Waals surface area contributed by atoms with Gasteiger partial charge in [-0.25, -0.2) is 9.59 Å². The molecule has 1 aliphatic heterocycles. The standard InChI is InChI=1S/C27H22O6/c28-25(16-14-20-8-3-1-4-9-20)30-18-24(22-12-7-13-23-27(22)32-19-31-23)33-26(29)17-15-21-10-5-2-6-11-21/h1-17,24H,18-19H2/b16-14+,17-15+. The minimum atomic E-state index is -0.872. The first-order chi connectivity index (χ1) is 16.2. The van der Waals surface area contributed by atoms with Crippen molar-refractivity contribution in [3.05, 3.63) is 108 Å². The fraction of sp³-hybridized carbons (Fsp3) is 0.111. The first-order valence-electron chi connectivity index (χ1n) is 10.4. The Morgan fingerprint density at radius 1 is 0.788 bits per heavy atom. The van der Waals surface area contributed by atoms with Gasteiger partial charge in [-0.05, 0) is 29.3 Å². The molecule has 0 amide bonds. The number of carbonyl (C=O) groups excluding carboxylic acids is 2. The van der Waals surface area contributed by atoms with E-state index in [1.165, 1.54) is 12.2 Å². The molecule has 166 valence electrons. The minimum absolute atomic E-state index is 0.0700. The maximum Gasteiger partial charge on any atom is 0.331 e. The van der Waals surface area contributed by atoms with Crippen LogP contribution in [0, 0.1) is 0 Å². The monoisotopic (exact) mass is 442 g/mol. The lowest BCUT2D eigenvalue weighted by molar-refractivity contribution is -0.153. The van der Waals surface area contributed by atoms with Crippen LogP contribution in [0.4, 0.5) is 0 Å². The van der Waals surface area contributed by atoms with Gasteiger partial charge in [-0.2, -0.15) is 0 Å². The average Bonchev–Trinajstić information content (AvgIpc) is 3.34. The van der Waals surface area contributed by atoms with Crippen molar-refractivity contribution in [1.82, 2.24) is 0 Å². The second kappa shape index (κ2) is 10.8. The van der Waals surface area contributed by atoms with E-state index >= 15 is 0 Å². The van der Waals surface area contributed by atoms with Crippen LogP contribution in [0.1, 0.15) is 22.8 Å². The summed E-state index contributed by atoms with van der Waals surface area (Å²) in [4.78, 5) is 24.8. The number of hydrogen-bond acceptors (Lipinski definition) is 6. The summed E-state index contributed by atoms with van der Waals surface area (Å²) in [6.07, 6.45) is 5.11. The van der Waals surface area contributed by atoms with Crippen LogP contribution in [-0.4, -0.2) is 25.3 Å². The molecule has 0 bridgehead atoms. The molecule has 6 nitrogen and oxygen atoms in total. The van der Waals surface area contributed by atoms with Gasteiger partial charge in [0, 0.05) is 17.7 Å². The van der Waals surface area contributed by atoms with Gasteiger partial charge < -0.3 is 18.9 Å². The zero-order valence-corrected chi connectivity index (χ0v) is 17.8. The Hall–Kier alpha value is -4.32. The van der Waals surface area contributed by atoms with E-state index in [2.05, 4.69) is 0 Å². The number of para-hydroxylation sites is 1. The Balaban J connectivity index is 1.46. The molecule has 3 aromatic carbocycles. The summed E-state index contributed by atoms with van der Waals surface area (Å²) in [5.74, 6) is -0.109. The van der Waals surface area contributed by atoms with Gasteiger partial charge in [0.25, 0.3) is 0 Å². The number of carbonyl (C=O) groups is 2. The zero-order chi connectivity index (χ0) is 22.9. The molecule has 1 heterocycles. The number of ether oxygens (including phenoxy) is 4. The average molecular weight is 442 g/mol.